The highest BCUT2D eigenvalue weighted by Crippen LogP contribution is 2.26. The predicted octanol–water partition coefficient (Wildman–Crippen LogP) is 3.16. The molecule has 154 valence electrons. The lowest BCUT2D eigenvalue weighted by Crippen LogP contribution is -2.04. The summed E-state index contributed by atoms with van der Waals surface area (Å²) in [5.41, 5.74) is 4.21. The van der Waals surface area contributed by atoms with Crippen LogP contribution in [0.5, 0.6) is 0 Å². The summed E-state index contributed by atoms with van der Waals surface area (Å²) < 4.78 is 27.0. The zero-order chi connectivity index (χ0) is 21.3. The van der Waals surface area contributed by atoms with Gasteiger partial charge in [0.15, 0.2) is 20.8 Å². The fraction of sp³-hybridized carbons (Fsp3) is 0.200. The van der Waals surface area contributed by atoms with Gasteiger partial charge in [-0.3, -0.25) is 4.57 Å². The van der Waals surface area contributed by atoms with E-state index in [1.165, 1.54) is 29.1 Å². The lowest BCUT2D eigenvalue weighted by Gasteiger charge is -2.12. The van der Waals surface area contributed by atoms with Crippen LogP contribution in [0.15, 0.2) is 64.9 Å². The smallest absolute Gasteiger partial charge is 0.175 e. The first-order valence-electron chi connectivity index (χ1n) is 9.15. The summed E-state index contributed by atoms with van der Waals surface area (Å²) in [6.07, 6.45) is 4.90. The number of aromatic nitrogens is 6. The molecule has 0 aliphatic heterocycles. The van der Waals surface area contributed by atoms with E-state index >= 15 is 0 Å². The number of thioether (sulfide) groups is 1. The molecule has 0 spiro atoms. The maximum atomic E-state index is 11.7. The van der Waals surface area contributed by atoms with Gasteiger partial charge < -0.3 is 0 Å². The summed E-state index contributed by atoms with van der Waals surface area (Å²) in [5.74, 6) is 1.14. The molecule has 0 aliphatic rings. The van der Waals surface area contributed by atoms with Crippen molar-refractivity contribution in [3.63, 3.8) is 0 Å². The summed E-state index contributed by atoms with van der Waals surface area (Å²) in [6, 6.07) is 12.7. The maximum Gasteiger partial charge on any atom is 0.175 e. The monoisotopic (exact) mass is 440 g/mol. The summed E-state index contributed by atoms with van der Waals surface area (Å²) in [4.78, 5) is 4.74. The SMILES string of the molecule is Cc1cccc(-n2ccnc2SCc2nnnn2-c2ccc(S(C)(=O)=O)cc2)c1C. The van der Waals surface area contributed by atoms with Crippen molar-refractivity contribution in [2.75, 3.05) is 6.26 Å². The van der Waals surface area contributed by atoms with Gasteiger partial charge in [0.1, 0.15) is 0 Å². The molecule has 2 aromatic heterocycles. The van der Waals surface area contributed by atoms with E-state index in [1.807, 2.05) is 12.3 Å². The van der Waals surface area contributed by atoms with Crippen molar-refractivity contribution in [3.8, 4) is 11.4 Å². The Morgan fingerprint density at radius 1 is 1.07 bits per heavy atom. The van der Waals surface area contributed by atoms with Crippen molar-refractivity contribution in [2.24, 2.45) is 0 Å². The Bertz CT molecular complexity index is 1290. The molecule has 30 heavy (non-hydrogen) atoms. The molecule has 0 atom stereocenters. The molecule has 0 N–H and O–H groups in total. The lowest BCUT2D eigenvalue weighted by molar-refractivity contribution is 0.602. The number of hydrogen-bond acceptors (Lipinski definition) is 7. The van der Waals surface area contributed by atoms with E-state index in [1.54, 1.807) is 35.1 Å². The number of aryl methyl sites for hydroxylation is 1. The van der Waals surface area contributed by atoms with E-state index in [2.05, 4.69) is 51.1 Å². The Balaban J connectivity index is 1.57. The van der Waals surface area contributed by atoms with Gasteiger partial charge in [-0.2, -0.15) is 4.68 Å². The van der Waals surface area contributed by atoms with E-state index in [4.69, 9.17) is 0 Å². The molecule has 0 radical (unpaired) electrons. The van der Waals surface area contributed by atoms with Crippen LogP contribution in [0.3, 0.4) is 0 Å². The second-order valence-electron chi connectivity index (χ2n) is 6.86. The van der Waals surface area contributed by atoms with Crippen molar-refractivity contribution in [3.05, 3.63) is 71.8 Å². The van der Waals surface area contributed by atoms with E-state index < -0.39 is 9.84 Å². The van der Waals surface area contributed by atoms with Gasteiger partial charge in [0.2, 0.25) is 0 Å². The van der Waals surface area contributed by atoms with E-state index in [-0.39, 0.29) is 4.90 Å². The molecule has 10 heteroatoms. The van der Waals surface area contributed by atoms with Crippen molar-refractivity contribution >= 4 is 21.6 Å². The molecule has 0 saturated carbocycles. The fourth-order valence-corrected chi connectivity index (χ4v) is 4.54. The highest BCUT2D eigenvalue weighted by Gasteiger charge is 2.14. The number of tetrazole rings is 1. The topological polar surface area (TPSA) is 95.6 Å². The summed E-state index contributed by atoms with van der Waals surface area (Å²) in [5, 5.41) is 12.8. The summed E-state index contributed by atoms with van der Waals surface area (Å²) >= 11 is 1.53. The second kappa shape index (κ2) is 8.04. The third-order valence-electron chi connectivity index (χ3n) is 4.82. The first-order chi connectivity index (χ1) is 14.3. The Kier molecular flexibility index (Phi) is 5.44. The minimum atomic E-state index is -3.25. The summed E-state index contributed by atoms with van der Waals surface area (Å²) in [7, 11) is -3.25. The molecule has 0 bridgehead atoms. The van der Waals surface area contributed by atoms with Crippen LogP contribution < -0.4 is 0 Å². The third kappa shape index (κ3) is 4.01. The number of imidazole rings is 1. The largest absolute Gasteiger partial charge is 0.295 e. The third-order valence-corrected chi connectivity index (χ3v) is 6.91. The van der Waals surface area contributed by atoms with Crippen LogP contribution in [0.4, 0.5) is 0 Å². The van der Waals surface area contributed by atoms with E-state index in [9.17, 15) is 8.42 Å². The average molecular weight is 441 g/mol. The van der Waals surface area contributed by atoms with Gasteiger partial charge in [-0.05, 0) is 65.7 Å². The van der Waals surface area contributed by atoms with Crippen LogP contribution in [-0.4, -0.2) is 44.4 Å². The predicted molar refractivity (Wildman–Crippen MR) is 115 cm³/mol. The summed E-state index contributed by atoms with van der Waals surface area (Å²) in [6.45, 7) is 4.19. The fourth-order valence-electron chi connectivity index (χ4n) is 3.04. The van der Waals surface area contributed by atoms with Gasteiger partial charge in [0, 0.05) is 18.6 Å². The molecule has 4 rings (SSSR count). The molecule has 0 unspecified atom stereocenters. The van der Waals surface area contributed by atoms with Crippen LogP contribution in [-0.2, 0) is 15.6 Å². The minimum absolute atomic E-state index is 0.255. The van der Waals surface area contributed by atoms with E-state index in [0.717, 1.165) is 10.8 Å². The molecular formula is C20H20N6O2S2. The minimum Gasteiger partial charge on any atom is -0.295 e. The number of sulfone groups is 1. The molecule has 2 heterocycles. The number of hydrogen-bond donors (Lipinski definition) is 0. The Morgan fingerprint density at radius 3 is 2.57 bits per heavy atom. The highest BCUT2D eigenvalue weighted by molar-refractivity contribution is 7.98. The standard InChI is InChI=1S/C20H20N6O2S2/c1-14-5-4-6-18(15(14)2)25-12-11-21-20(25)29-13-19-22-23-24-26(19)16-7-9-17(10-8-16)30(3,27)28/h4-12H,13H2,1-3H3. The first kappa shape index (κ1) is 20.3. The van der Waals surface area contributed by atoms with Crippen LogP contribution in [0.25, 0.3) is 11.4 Å². The van der Waals surface area contributed by atoms with Gasteiger partial charge in [0.25, 0.3) is 0 Å². The first-order valence-corrected chi connectivity index (χ1v) is 12.0. The number of nitrogens with zero attached hydrogens (tertiary/aromatic N) is 6. The zero-order valence-corrected chi connectivity index (χ0v) is 18.4. The Labute approximate surface area is 178 Å². The van der Waals surface area contributed by atoms with E-state index in [0.29, 0.717) is 17.3 Å². The van der Waals surface area contributed by atoms with Gasteiger partial charge in [-0.15, -0.1) is 5.10 Å². The van der Waals surface area contributed by atoms with Gasteiger partial charge >= 0.3 is 0 Å². The van der Waals surface area contributed by atoms with Gasteiger partial charge in [-0.25, -0.2) is 13.4 Å². The van der Waals surface area contributed by atoms with Gasteiger partial charge in [-0.1, -0.05) is 23.9 Å². The highest BCUT2D eigenvalue weighted by atomic mass is 32.2. The van der Waals surface area contributed by atoms with Crippen LogP contribution in [0.2, 0.25) is 0 Å². The van der Waals surface area contributed by atoms with Crippen molar-refractivity contribution in [2.45, 2.75) is 29.7 Å². The second-order valence-corrected chi connectivity index (χ2v) is 9.82. The molecule has 0 fully saturated rings. The van der Waals surface area contributed by atoms with Crippen molar-refractivity contribution in [1.29, 1.82) is 0 Å². The van der Waals surface area contributed by atoms with Crippen molar-refractivity contribution in [1.82, 2.24) is 29.8 Å². The molecule has 0 aliphatic carbocycles. The molecule has 8 nitrogen and oxygen atoms in total. The molecule has 2 aromatic carbocycles. The van der Waals surface area contributed by atoms with Crippen LogP contribution in [0, 0.1) is 13.8 Å². The normalized spacial score (nSPS) is 11.7. The maximum absolute atomic E-state index is 11.7. The Hall–Kier alpha value is -2.98. The molecular weight excluding hydrogens is 420 g/mol. The molecule has 4 aromatic rings. The number of rotatable bonds is 6. The quantitative estimate of drug-likeness (QED) is 0.425. The zero-order valence-electron chi connectivity index (χ0n) is 16.7. The van der Waals surface area contributed by atoms with Crippen molar-refractivity contribution < 1.29 is 8.42 Å². The number of benzene rings is 2. The van der Waals surface area contributed by atoms with Crippen LogP contribution >= 0.6 is 11.8 Å². The van der Waals surface area contributed by atoms with Crippen LogP contribution in [0.1, 0.15) is 17.0 Å². The Morgan fingerprint density at radius 2 is 1.83 bits per heavy atom. The van der Waals surface area contributed by atoms with Gasteiger partial charge in [0.05, 0.1) is 22.0 Å². The molecule has 0 amide bonds. The average Bonchev–Trinajstić information content (AvgIpc) is 3.37. The lowest BCUT2D eigenvalue weighted by atomic mass is 10.1. The molecule has 0 saturated heterocycles.